The largest absolute Gasteiger partial charge is 0.497 e. The van der Waals surface area contributed by atoms with Gasteiger partial charge in [-0.2, -0.15) is 0 Å². The van der Waals surface area contributed by atoms with Gasteiger partial charge in [-0.05, 0) is 44.0 Å². The summed E-state index contributed by atoms with van der Waals surface area (Å²) in [6.45, 7) is 6.04. The predicted molar refractivity (Wildman–Crippen MR) is 123 cm³/mol. The SMILES string of the molecule is CCOC(=O)c1c(C)c(C(=O)Nc2cc(OC)ccc2OC)c(C)n1Cc1ccccc1. The van der Waals surface area contributed by atoms with Crippen LogP contribution in [0.4, 0.5) is 5.69 Å². The highest BCUT2D eigenvalue weighted by Gasteiger charge is 2.28. The van der Waals surface area contributed by atoms with E-state index in [2.05, 4.69) is 5.32 Å². The van der Waals surface area contributed by atoms with Gasteiger partial charge in [0.2, 0.25) is 0 Å². The minimum absolute atomic E-state index is 0.246. The average Bonchev–Trinajstić information content (AvgIpc) is 3.03. The number of carbonyl (C=O) groups excluding carboxylic acids is 2. The van der Waals surface area contributed by atoms with Gasteiger partial charge in [0.15, 0.2) is 0 Å². The summed E-state index contributed by atoms with van der Waals surface area (Å²) < 4.78 is 17.8. The van der Waals surface area contributed by atoms with E-state index in [9.17, 15) is 9.59 Å². The molecule has 32 heavy (non-hydrogen) atoms. The van der Waals surface area contributed by atoms with Crippen LogP contribution >= 0.6 is 0 Å². The second kappa shape index (κ2) is 10.0. The van der Waals surface area contributed by atoms with Crippen molar-refractivity contribution in [1.82, 2.24) is 4.57 Å². The summed E-state index contributed by atoms with van der Waals surface area (Å²) in [5, 5.41) is 2.90. The van der Waals surface area contributed by atoms with Crippen LogP contribution in [0, 0.1) is 13.8 Å². The average molecular weight is 437 g/mol. The number of carbonyl (C=O) groups is 2. The summed E-state index contributed by atoms with van der Waals surface area (Å²) in [4.78, 5) is 26.1. The van der Waals surface area contributed by atoms with Crippen molar-refractivity contribution in [2.45, 2.75) is 27.3 Å². The number of esters is 1. The number of aromatic nitrogens is 1. The number of benzene rings is 2. The highest BCUT2D eigenvalue weighted by Crippen LogP contribution is 2.31. The van der Waals surface area contributed by atoms with Crippen molar-refractivity contribution in [3.05, 3.63) is 76.6 Å². The number of amides is 1. The van der Waals surface area contributed by atoms with Gasteiger partial charge in [-0.3, -0.25) is 4.79 Å². The van der Waals surface area contributed by atoms with Crippen molar-refractivity contribution in [2.75, 3.05) is 26.1 Å². The predicted octanol–water partition coefficient (Wildman–Crippen LogP) is 4.60. The fourth-order valence-corrected chi connectivity index (χ4v) is 3.75. The van der Waals surface area contributed by atoms with E-state index in [0.29, 0.717) is 46.2 Å². The van der Waals surface area contributed by atoms with E-state index in [1.54, 1.807) is 39.2 Å². The highest BCUT2D eigenvalue weighted by molar-refractivity contribution is 6.09. The number of hydrogen-bond donors (Lipinski definition) is 1. The maximum atomic E-state index is 13.3. The molecule has 0 radical (unpaired) electrons. The lowest BCUT2D eigenvalue weighted by Gasteiger charge is -2.13. The van der Waals surface area contributed by atoms with Crippen LogP contribution in [0.25, 0.3) is 0 Å². The van der Waals surface area contributed by atoms with Gasteiger partial charge in [-0.15, -0.1) is 0 Å². The zero-order chi connectivity index (χ0) is 23.3. The minimum Gasteiger partial charge on any atom is -0.497 e. The smallest absolute Gasteiger partial charge is 0.355 e. The third kappa shape index (κ3) is 4.61. The number of rotatable bonds is 8. The summed E-state index contributed by atoms with van der Waals surface area (Å²) in [7, 11) is 3.08. The molecule has 0 atom stereocenters. The first-order valence-electron chi connectivity index (χ1n) is 10.3. The third-order valence-electron chi connectivity index (χ3n) is 5.30. The fourth-order valence-electron chi connectivity index (χ4n) is 3.75. The van der Waals surface area contributed by atoms with Crippen molar-refractivity contribution in [2.24, 2.45) is 0 Å². The van der Waals surface area contributed by atoms with Crippen molar-refractivity contribution >= 4 is 17.6 Å². The molecule has 7 heteroatoms. The molecule has 1 amide bonds. The lowest BCUT2D eigenvalue weighted by molar-refractivity contribution is 0.0513. The second-order valence-corrected chi connectivity index (χ2v) is 7.25. The van der Waals surface area contributed by atoms with Crippen molar-refractivity contribution in [3.63, 3.8) is 0 Å². The van der Waals surface area contributed by atoms with Gasteiger partial charge >= 0.3 is 5.97 Å². The van der Waals surface area contributed by atoms with E-state index in [1.165, 1.54) is 7.11 Å². The first-order chi connectivity index (χ1) is 15.4. The monoisotopic (exact) mass is 436 g/mol. The zero-order valence-corrected chi connectivity index (χ0v) is 19.0. The Kier molecular flexibility index (Phi) is 7.20. The number of nitrogens with one attached hydrogen (secondary N) is 1. The second-order valence-electron chi connectivity index (χ2n) is 7.25. The van der Waals surface area contributed by atoms with Crippen molar-refractivity contribution < 1.29 is 23.8 Å². The zero-order valence-electron chi connectivity index (χ0n) is 19.0. The summed E-state index contributed by atoms with van der Waals surface area (Å²) in [5.41, 5.74) is 3.52. The molecule has 0 aliphatic rings. The van der Waals surface area contributed by atoms with E-state index >= 15 is 0 Å². The normalized spacial score (nSPS) is 10.5. The van der Waals surface area contributed by atoms with Gasteiger partial charge < -0.3 is 24.1 Å². The Bertz CT molecular complexity index is 1120. The molecule has 1 N–H and O–H groups in total. The van der Waals surface area contributed by atoms with Crippen molar-refractivity contribution in [1.29, 1.82) is 0 Å². The van der Waals surface area contributed by atoms with Crippen molar-refractivity contribution in [3.8, 4) is 11.5 Å². The number of ether oxygens (including phenoxy) is 3. The number of methoxy groups -OCH3 is 2. The van der Waals surface area contributed by atoms with Gasteiger partial charge in [0.05, 0.1) is 32.1 Å². The molecule has 168 valence electrons. The molecule has 3 aromatic rings. The first-order valence-corrected chi connectivity index (χ1v) is 10.3. The lowest BCUT2D eigenvalue weighted by atomic mass is 10.1. The van der Waals surface area contributed by atoms with Crippen LogP contribution in [0.2, 0.25) is 0 Å². The Morgan fingerprint density at radius 1 is 1.00 bits per heavy atom. The topological polar surface area (TPSA) is 78.8 Å². The summed E-state index contributed by atoms with van der Waals surface area (Å²) in [6.07, 6.45) is 0. The number of anilines is 1. The molecule has 0 fully saturated rings. The quantitative estimate of drug-likeness (QED) is 0.522. The van der Waals surface area contributed by atoms with Crippen LogP contribution in [0.3, 0.4) is 0 Å². The van der Waals surface area contributed by atoms with Crippen LogP contribution in [0.15, 0.2) is 48.5 Å². The van der Waals surface area contributed by atoms with Crippen LogP contribution in [-0.2, 0) is 11.3 Å². The molecule has 0 saturated carbocycles. The van der Waals surface area contributed by atoms with Gasteiger partial charge in [0, 0.05) is 18.3 Å². The molecule has 0 bridgehead atoms. The van der Waals surface area contributed by atoms with E-state index in [-0.39, 0.29) is 12.5 Å². The maximum absolute atomic E-state index is 13.3. The molecule has 0 spiro atoms. The molecular weight excluding hydrogens is 408 g/mol. The van der Waals surface area contributed by atoms with E-state index in [4.69, 9.17) is 14.2 Å². The van der Waals surface area contributed by atoms with Gasteiger partial charge in [-0.1, -0.05) is 30.3 Å². The van der Waals surface area contributed by atoms with Crippen LogP contribution < -0.4 is 14.8 Å². The number of nitrogens with zero attached hydrogens (tertiary/aromatic N) is 1. The van der Waals surface area contributed by atoms with E-state index in [1.807, 2.05) is 41.8 Å². The molecule has 0 saturated heterocycles. The Morgan fingerprint density at radius 2 is 1.72 bits per heavy atom. The van der Waals surface area contributed by atoms with Crippen LogP contribution in [-0.4, -0.2) is 37.3 Å². The van der Waals surface area contributed by atoms with E-state index < -0.39 is 5.97 Å². The Morgan fingerprint density at radius 3 is 2.34 bits per heavy atom. The van der Waals surface area contributed by atoms with E-state index in [0.717, 1.165) is 5.56 Å². The lowest BCUT2D eigenvalue weighted by Crippen LogP contribution is -2.15. The summed E-state index contributed by atoms with van der Waals surface area (Å²) in [6, 6.07) is 14.9. The molecule has 3 rings (SSSR count). The molecule has 1 aromatic heterocycles. The minimum atomic E-state index is -0.456. The van der Waals surface area contributed by atoms with Crippen LogP contribution in [0.5, 0.6) is 11.5 Å². The first kappa shape index (κ1) is 22.9. The number of hydrogen-bond acceptors (Lipinski definition) is 5. The standard InChI is InChI=1S/C25H28N2O5/c1-6-32-25(29)23-16(2)22(17(3)27(23)15-18-10-8-7-9-11-18)24(28)26-20-14-19(30-4)12-13-21(20)31-5/h7-14H,6,15H2,1-5H3,(H,26,28). The Hall–Kier alpha value is -3.74. The molecule has 0 unspecified atom stereocenters. The Labute approximate surface area is 187 Å². The third-order valence-corrected chi connectivity index (χ3v) is 5.30. The molecule has 0 aliphatic carbocycles. The van der Waals surface area contributed by atoms with Crippen LogP contribution in [0.1, 0.15) is 44.6 Å². The molecule has 0 aliphatic heterocycles. The van der Waals surface area contributed by atoms with Gasteiger partial charge in [-0.25, -0.2) is 4.79 Å². The van der Waals surface area contributed by atoms with Gasteiger partial charge in [0.1, 0.15) is 17.2 Å². The molecule has 1 heterocycles. The molecular formula is C25H28N2O5. The summed E-state index contributed by atoms with van der Waals surface area (Å²) >= 11 is 0. The fraction of sp³-hybridized carbons (Fsp3) is 0.280. The Balaban J connectivity index is 2.05. The van der Waals surface area contributed by atoms with Gasteiger partial charge in [0.25, 0.3) is 5.91 Å². The highest BCUT2D eigenvalue weighted by atomic mass is 16.5. The summed E-state index contributed by atoms with van der Waals surface area (Å²) in [5.74, 6) is 0.290. The molecule has 2 aromatic carbocycles. The maximum Gasteiger partial charge on any atom is 0.355 e. The molecule has 7 nitrogen and oxygen atoms in total.